The van der Waals surface area contributed by atoms with Crippen molar-refractivity contribution in [3.8, 4) is 0 Å². The summed E-state index contributed by atoms with van der Waals surface area (Å²) in [5.41, 5.74) is 0. The molecule has 0 aromatic rings. The number of phosphoric acid groups is 1. The molecule has 0 spiro atoms. The average Bonchev–Trinajstić information content (AvgIpc) is 3.45. The van der Waals surface area contributed by atoms with Gasteiger partial charge in [-0.25, -0.2) is 4.57 Å². The first kappa shape index (κ1) is 77.7. The molecular formula is C68H127O11P. The number of ether oxygens (including phenoxy) is 3. The van der Waals surface area contributed by atoms with E-state index in [4.69, 9.17) is 23.3 Å². The highest BCUT2D eigenvalue weighted by atomic mass is 31.2. The molecule has 2 N–H and O–H groups in total. The number of aliphatic hydroxyl groups is 1. The molecule has 470 valence electrons. The van der Waals surface area contributed by atoms with Gasteiger partial charge in [0.1, 0.15) is 12.7 Å². The first-order valence-corrected chi connectivity index (χ1v) is 35.4. The van der Waals surface area contributed by atoms with Crippen molar-refractivity contribution >= 4 is 25.7 Å². The van der Waals surface area contributed by atoms with E-state index in [1.165, 1.54) is 212 Å². The molecule has 0 rings (SSSR count). The smallest absolute Gasteiger partial charge is 0.462 e. The van der Waals surface area contributed by atoms with Crippen LogP contribution in [0.5, 0.6) is 0 Å². The SMILES string of the molecule is CCCCCCCC/C=C\CCCCCCCCCCCC(=O)OC(COC(=O)CCCCCCCCC/C=C\CCCCCCCC)COP(=O)(O)OCC(CO)OC(=O)CCCCCCCCC/C=C\CCCCCCCC. The Kier molecular flexibility index (Phi) is 60.9. The number of unbranched alkanes of at least 4 members (excludes halogenated alkanes) is 41. The van der Waals surface area contributed by atoms with Gasteiger partial charge in [0.2, 0.25) is 0 Å². The van der Waals surface area contributed by atoms with E-state index in [2.05, 4.69) is 57.2 Å². The monoisotopic (exact) mass is 1150 g/mol. The Morgan fingerprint density at radius 1 is 0.338 bits per heavy atom. The van der Waals surface area contributed by atoms with Crippen LogP contribution in [-0.2, 0) is 42.2 Å². The van der Waals surface area contributed by atoms with Crippen LogP contribution >= 0.6 is 7.82 Å². The van der Waals surface area contributed by atoms with Crippen molar-refractivity contribution in [2.75, 3.05) is 26.4 Å². The summed E-state index contributed by atoms with van der Waals surface area (Å²) >= 11 is 0. The van der Waals surface area contributed by atoms with Gasteiger partial charge in [0, 0.05) is 19.3 Å². The minimum Gasteiger partial charge on any atom is -0.462 e. The Balaban J connectivity index is 4.66. The summed E-state index contributed by atoms with van der Waals surface area (Å²) < 4.78 is 39.8. The number of allylic oxidation sites excluding steroid dienone is 6. The summed E-state index contributed by atoms with van der Waals surface area (Å²) in [4.78, 5) is 48.8. The molecule has 3 atom stereocenters. The maximum Gasteiger partial charge on any atom is 0.472 e. The summed E-state index contributed by atoms with van der Waals surface area (Å²) in [6.45, 7) is 4.70. The maximum atomic E-state index is 13.0. The van der Waals surface area contributed by atoms with E-state index in [0.29, 0.717) is 19.3 Å². The largest absolute Gasteiger partial charge is 0.472 e. The van der Waals surface area contributed by atoms with Gasteiger partial charge in [-0.15, -0.1) is 0 Å². The van der Waals surface area contributed by atoms with Crippen LogP contribution in [0.15, 0.2) is 36.5 Å². The van der Waals surface area contributed by atoms with Crippen molar-refractivity contribution in [2.24, 2.45) is 0 Å². The lowest BCUT2D eigenvalue weighted by molar-refractivity contribution is -0.161. The topological polar surface area (TPSA) is 155 Å². The number of esters is 3. The van der Waals surface area contributed by atoms with E-state index in [0.717, 1.165) is 70.6 Å². The Morgan fingerprint density at radius 3 is 0.863 bits per heavy atom. The van der Waals surface area contributed by atoms with Gasteiger partial charge in [-0.1, -0.05) is 263 Å². The molecule has 0 fully saturated rings. The molecule has 0 aliphatic rings. The van der Waals surface area contributed by atoms with Crippen LogP contribution in [0.1, 0.15) is 342 Å². The molecular weight excluding hydrogens is 1020 g/mol. The molecule has 0 saturated heterocycles. The highest BCUT2D eigenvalue weighted by molar-refractivity contribution is 7.47. The van der Waals surface area contributed by atoms with Crippen LogP contribution in [0.4, 0.5) is 0 Å². The lowest BCUT2D eigenvalue weighted by atomic mass is 10.1. The van der Waals surface area contributed by atoms with E-state index < -0.39 is 57.8 Å². The average molecular weight is 1150 g/mol. The minimum absolute atomic E-state index is 0.168. The fraction of sp³-hybridized carbons (Fsp3) is 0.868. The second-order valence-corrected chi connectivity index (χ2v) is 24.4. The summed E-state index contributed by atoms with van der Waals surface area (Å²) in [6.07, 6.45) is 68.0. The lowest BCUT2D eigenvalue weighted by Gasteiger charge is -2.21. The predicted octanol–water partition coefficient (Wildman–Crippen LogP) is 20.7. The first-order valence-electron chi connectivity index (χ1n) is 33.9. The second-order valence-electron chi connectivity index (χ2n) is 23.0. The lowest BCUT2D eigenvalue weighted by Crippen LogP contribution is -2.30. The van der Waals surface area contributed by atoms with E-state index >= 15 is 0 Å². The Labute approximate surface area is 492 Å². The third-order valence-electron chi connectivity index (χ3n) is 15.0. The molecule has 0 heterocycles. The molecule has 0 amide bonds. The summed E-state index contributed by atoms with van der Waals surface area (Å²) in [5, 5.41) is 9.87. The van der Waals surface area contributed by atoms with Crippen LogP contribution in [0, 0.1) is 0 Å². The Hall–Kier alpha value is -2.30. The Bertz CT molecular complexity index is 1480. The van der Waals surface area contributed by atoms with Crippen LogP contribution in [-0.4, -0.2) is 66.5 Å². The van der Waals surface area contributed by atoms with E-state index in [1.807, 2.05) is 0 Å². The fourth-order valence-corrected chi connectivity index (χ4v) is 10.6. The van der Waals surface area contributed by atoms with Gasteiger partial charge in [-0.05, 0) is 96.3 Å². The van der Waals surface area contributed by atoms with Crippen molar-refractivity contribution in [1.82, 2.24) is 0 Å². The number of hydrogen-bond donors (Lipinski definition) is 2. The summed E-state index contributed by atoms with van der Waals surface area (Å²) in [5.74, 6) is -1.45. The normalized spacial score (nSPS) is 13.4. The molecule has 80 heavy (non-hydrogen) atoms. The zero-order valence-electron chi connectivity index (χ0n) is 52.3. The number of rotatable bonds is 64. The standard InChI is InChI=1S/C68H127O11P/c1-4-7-10-13-16-19-22-25-28-31-32-35-38-41-44-47-50-53-56-59-68(72)79-65(61-75-66(70)57-54-51-48-45-42-39-36-33-29-26-23-20-17-14-11-8-5-2)63-77-80(73,74)76-62-64(60-69)78-67(71)58-55-52-49-46-43-40-37-34-30-27-24-21-18-15-12-9-6-3/h25-30,64-65,69H,4-24,31-63H2,1-3H3,(H,73,74)/b28-25-,29-26-,30-27-. The van der Waals surface area contributed by atoms with Crippen LogP contribution < -0.4 is 0 Å². The minimum atomic E-state index is -4.75. The number of phosphoric ester groups is 1. The molecule has 3 unspecified atom stereocenters. The van der Waals surface area contributed by atoms with E-state index in [-0.39, 0.29) is 25.9 Å². The number of hydrogen-bond acceptors (Lipinski definition) is 10. The van der Waals surface area contributed by atoms with Gasteiger partial charge in [0.15, 0.2) is 6.10 Å². The van der Waals surface area contributed by atoms with E-state index in [9.17, 15) is 28.9 Å². The molecule has 12 heteroatoms. The molecule has 0 aromatic carbocycles. The zero-order valence-corrected chi connectivity index (χ0v) is 53.2. The first-order chi connectivity index (χ1) is 39.2. The van der Waals surface area contributed by atoms with Gasteiger partial charge in [0.05, 0.1) is 19.8 Å². The number of carbonyl (C=O) groups excluding carboxylic acids is 3. The van der Waals surface area contributed by atoms with Crippen LogP contribution in [0.3, 0.4) is 0 Å². The zero-order chi connectivity index (χ0) is 58.3. The predicted molar refractivity (Wildman–Crippen MR) is 335 cm³/mol. The second kappa shape index (κ2) is 62.7. The highest BCUT2D eigenvalue weighted by Crippen LogP contribution is 2.43. The third-order valence-corrected chi connectivity index (χ3v) is 16.0. The quantitative estimate of drug-likeness (QED) is 0.0197. The molecule has 0 radical (unpaired) electrons. The number of aliphatic hydroxyl groups excluding tert-OH is 1. The van der Waals surface area contributed by atoms with Crippen molar-refractivity contribution in [3.63, 3.8) is 0 Å². The van der Waals surface area contributed by atoms with Crippen molar-refractivity contribution in [3.05, 3.63) is 36.5 Å². The molecule has 0 aliphatic carbocycles. The molecule has 0 bridgehead atoms. The van der Waals surface area contributed by atoms with Crippen LogP contribution in [0.2, 0.25) is 0 Å². The third kappa shape index (κ3) is 60.3. The van der Waals surface area contributed by atoms with Crippen molar-refractivity contribution in [2.45, 2.75) is 354 Å². The van der Waals surface area contributed by atoms with Crippen molar-refractivity contribution < 1.29 is 52.2 Å². The highest BCUT2D eigenvalue weighted by Gasteiger charge is 2.28. The van der Waals surface area contributed by atoms with Gasteiger partial charge in [-0.3, -0.25) is 23.4 Å². The van der Waals surface area contributed by atoms with Gasteiger partial charge in [-0.2, -0.15) is 0 Å². The fourth-order valence-electron chi connectivity index (χ4n) is 9.81. The van der Waals surface area contributed by atoms with Crippen LogP contribution in [0.25, 0.3) is 0 Å². The number of carbonyl (C=O) groups is 3. The Morgan fingerprint density at radius 2 is 0.575 bits per heavy atom. The van der Waals surface area contributed by atoms with Gasteiger partial charge < -0.3 is 24.2 Å². The summed E-state index contributed by atoms with van der Waals surface area (Å²) in [7, 11) is -4.75. The van der Waals surface area contributed by atoms with Gasteiger partial charge >= 0.3 is 25.7 Å². The maximum absolute atomic E-state index is 13.0. The molecule has 0 aliphatic heterocycles. The molecule has 0 aromatic heterocycles. The van der Waals surface area contributed by atoms with Gasteiger partial charge in [0.25, 0.3) is 0 Å². The summed E-state index contributed by atoms with van der Waals surface area (Å²) in [6, 6.07) is 0. The van der Waals surface area contributed by atoms with Crippen molar-refractivity contribution in [1.29, 1.82) is 0 Å². The molecule has 11 nitrogen and oxygen atoms in total. The molecule has 0 saturated carbocycles. The van der Waals surface area contributed by atoms with E-state index in [1.54, 1.807) is 0 Å².